The van der Waals surface area contributed by atoms with Gasteiger partial charge in [0.25, 0.3) is 5.91 Å². The molecule has 0 radical (unpaired) electrons. The Hall–Kier alpha value is -2.31. The molecular weight excluding hydrogens is 366 g/mol. The molecule has 1 heterocycles. The van der Waals surface area contributed by atoms with Gasteiger partial charge in [-0.2, -0.15) is 0 Å². The molecule has 0 spiro atoms. The Morgan fingerprint density at radius 1 is 1.04 bits per heavy atom. The van der Waals surface area contributed by atoms with E-state index in [1.165, 1.54) is 11.8 Å². The molecule has 1 unspecified atom stereocenters. The molecule has 1 amide bonds. The fourth-order valence-electron chi connectivity index (χ4n) is 2.27. The van der Waals surface area contributed by atoms with Crippen molar-refractivity contribution in [2.24, 2.45) is 5.92 Å². The highest BCUT2D eigenvalue weighted by Gasteiger charge is 2.21. The van der Waals surface area contributed by atoms with Crippen molar-refractivity contribution in [3.63, 3.8) is 0 Å². The van der Waals surface area contributed by atoms with Crippen LogP contribution in [0.4, 0.5) is 0 Å². The molecule has 0 bridgehead atoms. The molecule has 26 heavy (non-hydrogen) atoms. The zero-order chi connectivity index (χ0) is 18.4. The maximum absolute atomic E-state index is 11.7. The number of ether oxygens (including phenoxy) is 2. The van der Waals surface area contributed by atoms with E-state index in [1.807, 2.05) is 60.7 Å². The van der Waals surface area contributed by atoms with E-state index in [9.17, 15) is 4.79 Å². The van der Waals surface area contributed by atoms with E-state index in [2.05, 4.69) is 12.2 Å². The first-order chi connectivity index (χ1) is 12.6. The Labute approximate surface area is 162 Å². The first kappa shape index (κ1) is 18.5. The summed E-state index contributed by atoms with van der Waals surface area (Å²) in [6, 6.07) is 17.4. The third-order valence-electron chi connectivity index (χ3n) is 3.63. The van der Waals surface area contributed by atoms with Crippen LogP contribution >= 0.6 is 24.0 Å². The van der Waals surface area contributed by atoms with E-state index in [1.54, 1.807) is 0 Å². The molecule has 1 fully saturated rings. The molecule has 2 aromatic rings. The van der Waals surface area contributed by atoms with Crippen molar-refractivity contribution < 1.29 is 14.3 Å². The number of rotatable bonds is 7. The van der Waals surface area contributed by atoms with Crippen LogP contribution in [0.5, 0.6) is 11.5 Å². The van der Waals surface area contributed by atoms with Crippen LogP contribution in [0.2, 0.25) is 0 Å². The van der Waals surface area contributed by atoms with Gasteiger partial charge in [-0.3, -0.25) is 4.79 Å². The lowest BCUT2D eigenvalue weighted by Gasteiger charge is -2.14. The second-order valence-electron chi connectivity index (χ2n) is 5.96. The van der Waals surface area contributed by atoms with Crippen molar-refractivity contribution in [2.75, 3.05) is 13.2 Å². The standard InChI is InChI=1S/C20H19NO3S2/c1-14(12-23-16-5-3-2-4-6-16)13-24-17-9-7-15(8-10-17)11-18-19(22)21-20(25)26-18/h2-11,14H,12-13H2,1H3,(H,21,22,25)/b18-11-. The average Bonchev–Trinajstić information content (AvgIpc) is 2.97. The Morgan fingerprint density at radius 2 is 1.65 bits per heavy atom. The molecule has 4 nitrogen and oxygen atoms in total. The van der Waals surface area contributed by atoms with Gasteiger partial charge in [-0.05, 0) is 35.9 Å². The topological polar surface area (TPSA) is 47.6 Å². The van der Waals surface area contributed by atoms with Gasteiger partial charge in [-0.25, -0.2) is 0 Å². The fraction of sp³-hybridized carbons (Fsp3) is 0.200. The van der Waals surface area contributed by atoms with E-state index in [0.717, 1.165) is 17.1 Å². The lowest BCUT2D eigenvalue weighted by molar-refractivity contribution is -0.115. The summed E-state index contributed by atoms with van der Waals surface area (Å²) in [5.41, 5.74) is 0.931. The third kappa shape index (κ3) is 5.34. The largest absolute Gasteiger partial charge is 0.493 e. The van der Waals surface area contributed by atoms with Gasteiger partial charge in [0.1, 0.15) is 15.8 Å². The molecular formula is C20H19NO3S2. The smallest absolute Gasteiger partial charge is 0.263 e. The summed E-state index contributed by atoms with van der Waals surface area (Å²) in [7, 11) is 0. The molecule has 6 heteroatoms. The maximum atomic E-state index is 11.7. The number of thiocarbonyl (C=S) groups is 1. The number of nitrogens with one attached hydrogen (secondary N) is 1. The SMILES string of the molecule is CC(COc1ccccc1)COc1ccc(/C=C2\SC(=S)NC2=O)cc1. The van der Waals surface area contributed by atoms with Gasteiger partial charge in [0.15, 0.2) is 0 Å². The Kier molecular flexibility index (Phi) is 6.30. The summed E-state index contributed by atoms with van der Waals surface area (Å²) < 4.78 is 12.0. The summed E-state index contributed by atoms with van der Waals surface area (Å²) in [4.78, 5) is 12.3. The number of amides is 1. The number of thioether (sulfide) groups is 1. The summed E-state index contributed by atoms with van der Waals surface area (Å²) in [6.07, 6.45) is 1.82. The molecule has 1 saturated heterocycles. The van der Waals surface area contributed by atoms with Crippen LogP contribution in [-0.4, -0.2) is 23.4 Å². The highest BCUT2D eigenvalue weighted by Crippen LogP contribution is 2.26. The van der Waals surface area contributed by atoms with Crippen LogP contribution in [0.1, 0.15) is 12.5 Å². The van der Waals surface area contributed by atoms with Crippen LogP contribution in [0.15, 0.2) is 59.5 Å². The maximum Gasteiger partial charge on any atom is 0.263 e. The van der Waals surface area contributed by atoms with E-state index in [-0.39, 0.29) is 11.8 Å². The zero-order valence-corrected chi connectivity index (χ0v) is 15.9. The van der Waals surface area contributed by atoms with Crippen molar-refractivity contribution in [1.29, 1.82) is 0 Å². The van der Waals surface area contributed by atoms with Crippen molar-refractivity contribution in [1.82, 2.24) is 5.32 Å². The average molecular weight is 386 g/mol. The fourth-order valence-corrected chi connectivity index (χ4v) is 3.32. The Balaban J connectivity index is 1.47. The normalized spacial score (nSPS) is 16.4. The summed E-state index contributed by atoms with van der Waals surface area (Å²) in [5.74, 6) is 1.77. The van der Waals surface area contributed by atoms with Crippen LogP contribution in [0.25, 0.3) is 6.08 Å². The van der Waals surface area contributed by atoms with E-state index < -0.39 is 0 Å². The molecule has 2 aromatic carbocycles. The Bertz CT molecular complexity index is 804. The first-order valence-electron chi connectivity index (χ1n) is 8.26. The quantitative estimate of drug-likeness (QED) is 0.570. The minimum Gasteiger partial charge on any atom is -0.493 e. The predicted octanol–water partition coefficient (Wildman–Crippen LogP) is 4.27. The number of benzene rings is 2. The number of carbonyl (C=O) groups is 1. The third-order valence-corrected chi connectivity index (χ3v) is 4.79. The van der Waals surface area contributed by atoms with Crippen molar-refractivity contribution >= 4 is 40.3 Å². The molecule has 3 rings (SSSR count). The van der Waals surface area contributed by atoms with Gasteiger partial charge < -0.3 is 14.8 Å². The van der Waals surface area contributed by atoms with E-state index >= 15 is 0 Å². The summed E-state index contributed by atoms with van der Waals surface area (Å²) in [6.45, 7) is 3.25. The van der Waals surface area contributed by atoms with Crippen LogP contribution in [0, 0.1) is 5.92 Å². The van der Waals surface area contributed by atoms with Crippen molar-refractivity contribution in [2.45, 2.75) is 6.92 Å². The van der Waals surface area contributed by atoms with Gasteiger partial charge in [0.05, 0.1) is 18.1 Å². The number of carbonyl (C=O) groups excluding carboxylic acids is 1. The number of para-hydroxylation sites is 1. The minimum atomic E-state index is -0.146. The molecule has 0 aliphatic carbocycles. The lowest BCUT2D eigenvalue weighted by Crippen LogP contribution is -2.17. The minimum absolute atomic E-state index is 0.146. The number of hydrogen-bond donors (Lipinski definition) is 1. The monoisotopic (exact) mass is 385 g/mol. The molecule has 1 N–H and O–H groups in total. The van der Waals surface area contributed by atoms with Crippen molar-refractivity contribution in [3.8, 4) is 11.5 Å². The van der Waals surface area contributed by atoms with E-state index in [4.69, 9.17) is 21.7 Å². The molecule has 1 atom stereocenters. The van der Waals surface area contributed by atoms with Gasteiger partial charge in [0.2, 0.25) is 0 Å². The summed E-state index contributed by atoms with van der Waals surface area (Å²) in [5, 5.41) is 2.61. The van der Waals surface area contributed by atoms with Crippen LogP contribution in [-0.2, 0) is 4.79 Å². The zero-order valence-electron chi connectivity index (χ0n) is 14.3. The number of hydrogen-bond acceptors (Lipinski definition) is 5. The summed E-state index contributed by atoms with van der Waals surface area (Å²) >= 11 is 6.26. The van der Waals surface area contributed by atoms with Gasteiger partial charge >= 0.3 is 0 Å². The molecule has 0 aromatic heterocycles. The molecule has 0 saturated carbocycles. The second-order valence-corrected chi connectivity index (χ2v) is 7.68. The highest BCUT2D eigenvalue weighted by molar-refractivity contribution is 8.26. The predicted molar refractivity (Wildman–Crippen MR) is 109 cm³/mol. The molecule has 1 aliphatic heterocycles. The van der Waals surface area contributed by atoms with E-state index in [0.29, 0.717) is 22.4 Å². The van der Waals surface area contributed by atoms with Crippen molar-refractivity contribution in [3.05, 3.63) is 65.1 Å². The van der Waals surface area contributed by atoms with Crippen LogP contribution < -0.4 is 14.8 Å². The highest BCUT2D eigenvalue weighted by atomic mass is 32.2. The first-order valence-corrected chi connectivity index (χ1v) is 9.48. The lowest BCUT2D eigenvalue weighted by atomic mass is 10.2. The van der Waals surface area contributed by atoms with Gasteiger partial charge in [-0.1, -0.05) is 61.2 Å². The molecule has 134 valence electrons. The van der Waals surface area contributed by atoms with Crippen LogP contribution in [0.3, 0.4) is 0 Å². The van der Waals surface area contributed by atoms with Gasteiger partial charge in [-0.15, -0.1) is 0 Å². The van der Waals surface area contributed by atoms with Gasteiger partial charge in [0, 0.05) is 5.92 Å². The molecule has 1 aliphatic rings. The Morgan fingerprint density at radius 3 is 2.23 bits per heavy atom. The second kappa shape index (κ2) is 8.87.